The van der Waals surface area contributed by atoms with Gasteiger partial charge in [0.15, 0.2) is 0 Å². The van der Waals surface area contributed by atoms with E-state index in [2.05, 4.69) is 31.2 Å². The Balaban J connectivity index is 1.67. The first-order valence-electron chi connectivity index (χ1n) is 9.46. The molecule has 0 N–H and O–H groups in total. The van der Waals surface area contributed by atoms with Crippen LogP contribution in [-0.2, 0) is 12.6 Å². The highest BCUT2D eigenvalue weighted by molar-refractivity contribution is 5.88. The van der Waals surface area contributed by atoms with Crippen LogP contribution in [0.3, 0.4) is 0 Å². The highest BCUT2D eigenvalue weighted by atomic mass is 19.4. The van der Waals surface area contributed by atoms with E-state index >= 15 is 0 Å². The summed E-state index contributed by atoms with van der Waals surface area (Å²) in [7, 11) is 0. The number of hydrogen-bond donors (Lipinski definition) is 0. The Bertz CT molecular complexity index is 1200. The molecule has 0 saturated carbocycles. The number of benzene rings is 4. The molecule has 0 radical (unpaired) electrons. The summed E-state index contributed by atoms with van der Waals surface area (Å²) in [6, 6.07) is 20.7. The maximum absolute atomic E-state index is 13.9. The van der Waals surface area contributed by atoms with E-state index in [-0.39, 0.29) is 5.56 Å². The van der Waals surface area contributed by atoms with E-state index in [1.165, 1.54) is 5.56 Å². The van der Waals surface area contributed by atoms with Crippen LogP contribution in [-0.4, -0.2) is 0 Å². The molecule has 0 fully saturated rings. The lowest BCUT2D eigenvalue weighted by Crippen LogP contribution is -2.11. The van der Waals surface area contributed by atoms with Crippen LogP contribution < -0.4 is 0 Å². The smallest absolute Gasteiger partial charge is 0.206 e. The van der Waals surface area contributed by atoms with Gasteiger partial charge in [0.05, 0.1) is 0 Å². The van der Waals surface area contributed by atoms with Crippen LogP contribution in [0.25, 0.3) is 33.0 Å². The van der Waals surface area contributed by atoms with Crippen molar-refractivity contribution in [3.05, 3.63) is 95.6 Å². The van der Waals surface area contributed by atoms with E-state index in [0.29, 0.717) is 17.7 Å². The summed E-state index contributed by atoms with van der Waals surface area (Å²) >= 11 is 0. The van der Waals surface area contributed by atoms with Gasteiger partial charge in [0.1, 0.15) is 17.2 Å². The fourth-order valence-corrected chi connectivity index (χ4v) is 3.56. The molecule has 4 aromatic carbocycles. The van der Waals surface area contributed by atoms with Crippen LogP contribution in [0.5, 0.6) is 0 Å². The Morgan fingerprint density at radius 2 is 1.10 bits per heavy atom. The summed E-state index contributed by atoms with van der Waals surface area (Å²) in [5.74, 6) is -3.25. The first kappa shape index (κ1) is 20.1. The minimum absolute atomic E-state index is 0.0511. The summed E-state index contributed by atoms with van der Waals surface area (Å²) in [6.07, 6.45) is -4.12. The predicted molar refractivity (Wildman–Crippen MR) is 109 cm³/mol. The molecule has 0 aliphatic carbocycles. The largest absolute Gasteiger partial charge is 0.422 e. The van der Waals surface area contributed by atoms with Gasteiger partial charge in [-0.1, -0.05) is 61.5 Å². The third kappa shape index (κ3) is 3.80. The van der Waals surface area contributed by atoms with E-state index in [4.69, 9.17) is 0 Å². The quantitative estimate of drug-likeness (QED) is 0.299. The van der Waals surface area contributed by atoms with Crippen LogP contribution in [0.1, 0.15) is 18.1 Å². The first-order chi connectivity index (χ1) is 14.3. The third-order valence-electron chi connectivity index (χ3n) is 5.19. The molecule has 0 heterocycles. The minimum atomic E-state index is -5.08. The van der Waals surface area contributed by atoms with Crippen molar-refractivity contribution in [1.82, 2.24) is 0 Å². The molecule has 0 spiro atoms. The number of alkyl halides is 3. The van der Waals surface area contributed by atoms with Gasteiger partial charge in [-0.2, -0.15) is 13.2 Å². The zero-order valence-corrected chi connectivity index (χ0v) is 16.0. The van der Waals surface area contributed by atoms with E-state index in [1.54, 1.807) is 24.3 Å². The number of halogens is 5. The van der Waals surface area contributed by atoms with Crippen LogP contribution in [0.15, 0.2) is 72.8 Å². The van der Waals surface area contributed by atoms with Gasteiger partial charge >= 0.3 is 6.18 Å². The van der Waals surface area contributed by atoms with Crippen LogP contribution >= 0.6 is 0 Å². The highest BCUT2D eigenvalue weighted by Crippen LogP contribution is 2.36. The fraction of sp³-hybridized carbons (Fsp3) is 0.120. The van der Waals surface area contributed by atoms with Gasteiger partial charge in [-0.15, -0.1) is 0 Å². The van der Waals surface area contributed by atoms with Gasteiger partial charge in [-0.3, -0.25) is 0 Å². The molecule has 0 aliphatic rings. The second-order valence-electron chi connectivity index (χ2n) is 7.14. The third-order valence-corrected chi connectivity index (χ3v) is 5.19. The second-order valence-corrected chi connectivity index (χ2v) is 7.14. The van der Waals surface area contributed by atoms with Gasteiger partial charge in [0, 0.05) is 0 Å². The highest BCUT2D eigenvalue weighted by Gasteiger charge is 2.37. The predicted octanol–water partition coefficient (Wildman–Crippen LogP) is 8.03. The maximum atomic E-state index is 13.9. The first-order valence-corrected chi connectivity index (χ1v) is 9.46. The zero-order valence-electron chi connectivity index (χ0n) is 16.0. The molecule has 0 aromatic heterocycles. The summed E-state index contributed by atoms with van der Waals surface area (Å²) in [5, 5.41) is 2.24. The van der Waals surface area contributed by atoms with Gasteiger partial charge in [0.25, 0.3) is 0 Å². The van der Waals surface area contributed by atoms with Crippen molar-refractivity contribution >= 4 is 10.8 Å². The summed E-state index contributed by atoms with van der Waals surface area (Å²) < 4.78 is 66.0. The van der Waals surface area contributed by atoms with Crippen molar-refractivity contribution in [3.63, 3.8) is 0 Å². The van der Waals surface area contributed by atoms with Gasteiger partial charge in [-0.25, -0.2) is 8.78 Å². The van der Waals surface area contributed by atoms with Crippen molar-refractivity contribution in [1.29, 1.82) is 0 Å². The lowest BCUT2D eigenvalue weighted by atomic mass is 9.97. The SMILES string of the molecule is CCc1ccc2cc(-c3ccc(-c4cc(F)c(C(F)(F)F)c(F)c4)cc3)ccc2c1. The summed E-state index contributed by atoms with van der Waals surface area (Å²) in [5.41, 5.74) is 1.74. The molecule has 0 atom stereocenters. The van der Waals surface area contributed by atoms with Crippen LogP contribution in [0, 0.1) is 11.6 Å². The molecule has 4 aromatic rings. The molecule has 0 nitrogen and oxygen atoms in total. The number of aryl methyl sites for hydroxylation is 1. The standard InChI is InChI=1S/C25H17F5/c1-2-15-3-4-20-12-19(10-9-18(20)11-15)16-5-7-17(8-6-16)21-13-22(26)24(23(27)14-21)25(28,29)30/h3-14H,2H2,1H3. The molecule has 4 rings (SSSR count). The molecule has 30 heavy (non-hydrogen) atoms. The second kappa shape index (κ2) is 7.56. The Hall–Kier alpha value is -3.21. The van der Waals surface area contributed by atoms with Crippen LogP contribution in [0.4, 0.5) is 22.0 Å². The molecule has 152 valence electrons. The molecule has 0 saturated heterocycles. The van der Waals surface area contributed by atoms with Crippen molar-refractivity contribution in [2.75, 3.05) is 0 Å². The summed E-state index contributed by atoms with van der Waals surface area (Å²) in [6.45, 7) is 2.10. The Kier molecular flexibility index (Phi) is 5.06. The van der Waals surface area contributed by atoms with Gasteiger partial charge in [0.2, 0.25) is 0 Å². The Morgan fingerprint density at radius 1 is 0.600 bits per heavy atom. The lowest BCUT2D eigenvalue weighted by molar-refractivity contribution is -0.142. The van der Waals surface area contributed by atoms with Crippen molar-refractivity contribution < 1.29 is 22.0 Å². The van der Waals surface area contributed by atoms with Gasteiger partial charge < -0.3 is 0 Å². The fourth-order valence-electron chi connectivity index (χ4n) is 3.56. The Morgan fingerprint density at radius 3 is 1.67 bits per heavy atom. The monoisotopic (exact) mass is 412 g/mol. The molecular formula is C25H17F5. The molecule has 0 aliphatic heterocycles. The number of fused-ring (bicyclic) bond motifs is 1. The topological polar surface area (TPSA) is 0 Å². The van der Waals surface area contributed by atoms with Crippen LogP contribution in [0.2, 0.25) is 0 Å². The number of hydrogen-bond acceptors (Lipinski definition) is 0. The summed E-state index contributed by atoms with van der Waals surface area (Å²) in [4.78, 5) is 0. The molecule has 5 heteroatoms. The van der Waals surface area contributed by atoms with E-state index in [9.17, 15) is 22.0 Å². The zero-order chi connectivity index (χ0) is 21.5. The van der Waals surface area contributed by atoms with E-state index in [0.717, 1.165) is 28.3 Å². The maximum Gasteiger partial charge on any atom is 0.422 e. The minimum Gasteiger partial charge on any atom is -0.206 e. The van der Waals surface area contributed by atoms with Crippen molar-refractivity contribution in [2.45, 2.75) is 19.5 Å². The molecule has 0 bridgehead atoms. The average Bonchev–Trinajstić information content (AvgIpc) is 2.71. The molecule has 0 unspecified atom stereocenters. The van der Waals surface area contributed by atoms with E-state index < -0.39 is 23.4 Å². The average molecular weight is 412 g/mol. The van der Waals surface area contributed by atoms with E-state index in [1.807, 2.05) is 12.1 Å². The van der Waals surface area contributed by atoms with Gasteiger partial charge in [-0.05, 0) is 63.2 Å². The molecule has 0 amide bonds. The molecular weight excluding hydrogens is 395 g/mol. The lowest BCUT2D eigenvalue weighted by Gasteiger charge is -2.12. The normalized spacial score (nSPS) is 11.8. The van der Waals surface area contributed by atoms with Crippen molar-refractivity contribution in [2.24, 2.45) is 0 Å². The number of rotatable bonds is 3. The Labute approximate surface area is 170 Å². The van der Waals surface area contributed by atoms with Crippen molar-refractivity contribution in [3.8, 4) is 22.3 Å².